The number of aryl methyl sites for hydroxylation is 4. The van der Waals surface area contributed by atoms with Crippen molar-refractivity contribution in [3.63, 3.8) is 0 Å². The number of rotatable bonds is 17. The summed E-state index contributed by atoms with van der Waals surface area (Å²) in [4.78, 5) is 56.6. The van der Waals surface area contributed by atoms with Gasteiger partial charge in [-0.25, -0.2) is 4.99 Å². The predicted molar refractivity (Wildman–Crippen MR) is 228 cm³/mol. The number of aliphatic hydroxyl groups is 1. The Bertz CT molecular complexity index is 2790. The molecule has 4 aromatic heterocycles. The molecule has 20 heteroatoms. The number of benzene rings is 2. The summed E-state index contributed by atoms with van der Waals surface area (Å²) in [6.07, 6.45) is 3.20. The zero-order chi connectivity index (χ0) is 44.1. The summed E-state index contributed by atoms with van der Waals surface area (Å²) in [7, 11) is 1.49. The summed E-state index contributed by atoms with van der Waals surface area (Å²) in [5.41, 5.74) is 16.8. The summed E-state index contributed by atoms with van der Waals surface area (Å²) in [5, 5.41) is 20.3. The average molecular weight is 852 g/mol. The molecular weight excluding hydrogens is 799 g/mol. The lowest BCUT2D eigenvalue weighted by Gasteiger charge is -2.26. The zero-order valence-electron chi connectivity index (χ0n) is 35.6. The van der Waals surface area contributed by atoms with E-state index in [-0.39, 0.29) is 35.5 Å². The molecule has 20 nitrogen and oxygen atoms in total. The van der Waals surface area contributed by atoms with E-state index in [1.807, 2.05) is 44.4 Å². The van der Waals surface area contributed by atoms with Crippen molar-refractivity contribution in [3.8, 4) is 11.5 Å². The molecule has 1 aliphatic heterocycles. The van der Waals surface area contributed by atoms with Crippen LogP contribution in [0.4, 0.5) is 0 Å². The van der Waals surface area contributed by atoms with Crippen molar-refractivity contribution in [2.45, 2.75) is 66.5 Å². The number of nitrogens with two attached hydrogens (primary N) is 2. The number of nitrogens with zero attached hydrogens (tertiary/aromatic N) is 9. The number of carbonyl (C=O) groups excluding carboxylic acids is 3. The average Bonchev–Trinajstić information content (AvgIpc) is 4.03. The number of imidazole rings is 2. The Morgan fingerprint density at radius 3 is 2.06 bits per heavy atom. The SMILES string of the molecule is CCn1nc(C)cc1C(=O)/N=c1/[nH]c2cc(C(N)=O)cc(OCCCN3CCOCC3)c2n1C/C=C/Cn1/c(=N\C(O)c2cc(C)nn2CC)[nH]c2cc(C(N)=O)cc(OC)c21. The van der Waals surface area contributed by atoms with Gasteiger partial charge in [-0.05, 0) is 70.5 Å². The first kappa shape index (κ1) is 43.3. The third-order valence-corrected chi connectivity index (χ3v) is 10.6. The number of hydrogen-bond donors (Lipinski definition) is 5. The van der Waals surface area contributed by atoms with Crippen molar-refractivity contribution >= 4 is 39.8 Å². The van der Waals surface area contributed by atoms with Crippen LogP contribution in [0.25, 0.3) is 22.1 Å². The van der Waals surface area contributed by atoms with Crippen LogP contribution in [0.2, 0.25) is 0 Å². The largest absolute Gasteiger partial charge is 0.494 e. The number of fused-ring (bicyclic) bond motifs is 2. The number of primary amides is 2. The zero-order valence-corrected chi connectivity index (χ0v) is 35.6. The number of aliphatic hydroxyl groups excluding tert-OH is 1. The minimum Gasteiger partial charge on any atom is -0.494 e. The van der Waals surface area contributed by atoms with Crippen LogP contribution in [0.1, 0.15) is 74.8 Å². The van der Waals surface area contributed by atoms with Crippen molar-refractivity contribution in [2.24, 2.45) is 21.5 Å². The molecule has 1 atom stereocenters. The molecule has 62 heavy (non-hydrogen) atoms. The molecule has 2 aromatic carbocycles. The van der Waals surface area contributed by atoms with Gasteiger partial charge in [0.25, 0.3) is 5.91 Å². The van der Waals surface area contributed by atoms with Crippen molar-refractivity contribution in [1.82, 2.24) is 43.6 Å². The molecule has 3 amide bonds. The normalized spacial score (nSPS) is 14.7. The maximum Gasteiger partial charge on any atom is 0.298 e. The van der Waals surface area contributed by atoms with E-state index >= 15 is 0 Å². The second-order valence-corrected chi connectivity index (χ2v) is 14.9. The van der Waals surface area contributed by atoms with Crippen LogP contribution in [0, 0.1) is 13.8 Å². The number of methoxy groups -OCH3 is 1. The molecule has 0 radical (unpaired) electrons. The van der Waals surface area contributed by atoms with Crippen LogP contribution in [-0.2, 0) is 30.9 Å². The summed E-state index contributed by atoms with van der Waals surface area (Å²) >= 11 is 0. The van der Waals surface area contributed by atoms with Crippen molar-refractivity contribution in [2.75, 3.05) is 46.6 Å². The van der Waals surface area contributed by atoms with Crippen LogP contribution in [-0.4, -0.2) is 113 Å². The number of amides is 3. The second kappa shape index (κ2) is 18.9. The Balaban J connectivity index is 1.30. The highest BCUT2D eigenvalue weighted by atomic mass is 16.5. The van der Waals surface area contributed by atoms with Crippen LogP contribution in [0.5, 0.6) is 11.5 Å². The molecule has 1 saturated heterocycles. The van der Waals surface area contributed by atoms with Crippen LogP contribution in [0.3, 0.4) is 0 Å². The van der Waals surface area contributed by atoms with Gasteiger partial charge in [-0.15, -0.1) is 0 Å². The highest BCUT2D eigenvalue weighted by molar-refractivity contribution is 5.99. The van der Waals surface area contributed by atoms with Gasteiger partial charge in [0.2, 0.25) is 23.1 Å². The third kappa shape index (κ3) is 9.26. The fourth-order valence-corrected chi connectivity index (χ4v) is 7.62. The van der Waals surface area contributed by atoms with E-state index in [0.717, 1.165) is 31.7 Å². The lowest BCUT2D eigenvalue weighted by Crippen LogP contribution is -2.37. The Kier molecular flexibility index (Phi) is 13.2. The van der Waals surface area contributed by atoms with Gasteiger partial charge in [0.15, 0.2) is 6.23 Å². The molecule has 0 bridgehead atoms. The molecule has 7 N–H and O–H groups in total. The maximum atomic E-state index is 13.8. The Morgan fingerprint density at radius 2 is 1.44 bits per heavy atom. The highest BCUT2D eigenvalue weighted by Gasteiger charge is 2.20. The van der Waals surface area contributed by atoms with Gasteiger partial charge in [0.1, 0.15) is 28.2 Å². The second-order valence-electron chi connectivity index (χ2n) is 14.9. The Labute approximate surface area is 356 Å². The van der Waals surface area contributed by atoms with E-state index in [1.54, 1.807) is 50.3 Å². The highest BCUT2D eigenvalue weighted by Crippen LogP contribution is 2.28. The van der Waals surface area contributed by atoms with Gasteiger partial charge < -0.3 is 49.9 Å². The Morgan fingerprint density at radius 1 is 0.855 bits per heavy atom. The monoisotopic (exact) mass is 851 g/mol. The molecule has 0 spiro atoms. The van der Waals surface area contributed by atoms with Gasteiger partial charge in [0.05, 0.1) is 55.0 Å². The van der Waals surface area contributed by atoms with E-state index in [9.17, 15) is 19.5 Å². The third-order valence-electron chi connectivity index (χ3n) is 10.6. The number of aromatic nitrogens is 8. The van der Waals surface area contributed by atoms with E-state index in [1.165, 1.54) is 7.11 Å². The molecule has 6 aromatic rings. The molecule has 1 unspecified atom stereocenters. The number of H-pyrrole nitrogens is 2. The standard InChI is InChI=1S/C42H53N13O7/c1-6-54-31(19-25(3)49-54)39(58)47-41-45-29-21-27(37(43)56)23-33(60-5)35(29)52(41)12-8-9-13-53-36-30(46-42(53)48-40(59)32-20-26(4)50-55(32)7-2)22-28(38(44)57)24-34(36)62-16-10-11-51-14-17-61-18-15-51/h8-9,19-24,39,58H,6-7,10-18H2,1-5H3,(H2,43,56)(H2,44,57)(H,45,47)(H,46,48,59)/b9-8+. The molecular formula is C42H53N13O7. The molecule has 0 saturated carbocycles. The smallest absolute Gasteiger partial charge is 0.298 e. The van der Waals surface area contributed by atoms with Gasteiger partial charge in [0, 0.05) is 56.9 Å². The van der Waals surface area contributed by atoms with E-state index in [4.69, 9.17) is 25.7 Å². The fourth-order valence-electron chi connectivity index (χ4n) is 7.62. The summed E-state index contributed by atoms with van der Waals surface area (Å²) in [5.74, 6) is -1.04. The number of allylic oxidation sites excluding steroid dienone is 2. The van der Waals surface area contributed by atoms with Crippen LogP contribution in [0.15, 0.2) is 58.5 Å². The van der Waals surface area contributed by atoms with E-state index in [0.29, 0.717) is 83.6 Å². The first-order valence-corrected chi connectivity index (χ1v) is 20.5. The van der Waals surface area contributed by atoms with E-state index < -0.39 is 23.9 Å². The summed E-state index contributed by atoms with van der Waals surface area (Å²) in [6.45, 7) is 13.1. The molecule has 328 valence electrons. The van der Waals surface area contributed by atoms with Gasteiger partial charge in [-0.2, -0.15) is 15.2 Å². The number of nitrogens with one attached hydrogen (secondary N) is 2. The fraction of sp³-hybridized carbons (Fsp3) is 0.405. The quantitative estimate of drug-likeness (QED) is 0.0661. The number of hydrogen-bond acceptors (Lipinski definition) is 11. The lowest BCUT2D eigenvalue weighted by atomic mass is 10.1. The first-order valence-electron chi connectivity index (χ1n) is 20.5. The number of ether oxygens (including phenoxy) is 3. The Hall–Kier alpha value is -6.77. The maximum absolute atomic E-state index is 13.8. The van der Waals surface area contributed by atoms with Gasteiger partial charge in [-0.1, -0.05) is 12.2 Å². The van der Waals surface area contributed by atoms with Crippen LogP contribution < -0.4 is 32.2 Å². The first-order chi connectivity index (χ1) is 29.9. The van der Waals surface area contributed by atoms with Gasteiger partial charge in [-0.3, -0.25) is 28.6 Å². The molecule has 7 rings (SSSR count). The van der Waals surface area contributed by atoms with Crippen molar-refractivity contribution < 1.29 is 33.7 Å². The molecule has 1 fully saturated rings. The lowest BCUT2D eigenvalue weighted by molar-refractivity contribution is 0.0358. The number of carbonyl (C=O) groups is 3. The number of morpholine rings is 1. The van der Waals surface area contributed by atoms with Crippen molar-refractivity contribution in [1.29, 1.82) is 0 Å². The minimum absolute atomic E-state index is 0.189. The predicted octanol–water partition coefficient (Wildman–Crippen LogP) is 2.20. The summed E-state index contributed by atoms with van der Waals surface area (Å²) in [6, 6.07) is 9.83. The topological polar surface area (TPSA) is 256 Å². The van der Waals surface area contributed by atoms with Crippen molar-refractivity contribution in [3.05, 3.63) is 93.7 Å². The van der Waals surface area contributed by atoms with Gasteiger partial charge >= 0.3 is 0 Å². The molecule has 5 heterocycles. The van der Waals surface area contributed by atoms with E-state index in [2.05, 4.69) is 35.1 Å². The minimum atomic E-state index is -1.28. The molecule has 1 aliphatic rings. The van der Waals surface area contributed by atoms with Crippen LogP contribution >= 0.6 is 0 Å². The molecule has 0 aliphatic carbocycles. The number of aromatic amines is 2. The summed E-state index contributed by atoms with van der Waals surface area (Å²) < 4.78 is 24.5.